The summed E-state index contributed by atoms with van der Waals surface area (Å²) in [5, 5.41) is 16.0. The van der Waals surface area contributed by atoms with E-state index in [2.05, 4.69) is 0 Å². The number of hydrogen-bond acceptors (Lipinski definition) is 4. The third-order valence-corrected chi connectivity index (χ3v) is 5.14. The molecule has 0 bridgehead atoms. The summed E-state index contributed by atoms with van der Waals surface area (Å²) in [6.45, 7) is 0. The first-order chi connectivity index (χ1) is 13.0. The van der Waals surface area contributed by atoms with Gasteiger partial charge >= 0.3 is 11.9 Å². The van der Waals surface area contributed by atoms with Gasteiger partial charge in [0, 0.05) is 7.11 Å². The Kier molecular flexibility index (Phi) is 8.66. The fraction of sp³-hybridized carbons (Fsp3) is 0.364. The standard InChI is InChI=1S/C11H12O2.C10H10O2.CH4O.ClH/c1-13-10(12)11(7-8-11)9-5-3-2-4-6-9;11-9(12)10(6-7-10)8-4-2-1-3-5-8;1-2;/h2-6H,7-8H2,1H3;1-5H,6-7H2,(H,11,12);2H,1H3;1H. The summed E-state index contributed by atoms with van der Waals surface area (Å²) in [5.41, 5.74) is 1.18. The van der Waals surface area contributed by atoms with Crippen LogP contribution in [0.1, 0.15) is 36.8 Å². The van der Waals surface area contributed by atoms with E-state index in [4.69, 9.17) is 14.9 Å². The number of ether oxygens (including phenoxy) is 1. The number of carboxylic acid groups (broad SMARTS) is 1. The number of aliphatic hydroxyl groups is 1. The van der Waals surface area contributed by atoms with E-state index in [0.717, 1.165) is 43.9 Å². The minimum Gasteiger partial charge on any atom is -0.481 e. The molecule has 0 unspecified atom stereocenters. The van der Waals surface area contributed by atoms with Gasteiger partial charge in [0.1, 0.15) is 0 Å². The van der Waals surface area contributed by atoms with Crippen LogP contribution in [0, 0.1) is 0 Å². The Labute approximate surface area is 171 Å². The summed E-state index contributed by atoms with van der Waals surface area (Å²) in [7, 11) is 2.45. The van der Waals surface area contributed by atoms with Gasteiger partial charge in [-0.1, -0.05) is 60.7 Å². The molecule has 2 N–H and O–H groups in total. The molecule has 2 aromatic rings. The molecule has 5 nitrogen and oxygen atoms in total. The number of halogens is 1. The Bertz CT molecular complexity index is 753. The first-order valence-corrected chi connectivity index (χ1v) is 8.93. The molecule has 2 aliphatic carbocycles. The first kappa shape index (κ1) is 23.7. The van der Waals surface area contributed by atoms with E-state index in [9.17, 15) is 9.59 Å². The van der Waals surface area contributed by atoms with Crippen LogP contribution < -0.4 is 0 Å². The van der Waals surface area contributed by atoms with Crippen molar-refractivity contribution in [1.82, 2.24) is 0 Å². The summed E-state index contributed by atoms with van der Waals surface area (Å²) in [4.78, 5) is 22.4. The van der Waals surface area contributed by atoms with Crippen LogP contribution in [0.5, 0.6) is 0 Å². The molecule has 0 aromatic heterocycles. The minimum atomic E-state index is -0.686. The minimum absolute atomic E-state index is 0. The number of aliphatic hydroxyl groups excluding tert-OH is 1. The molecule has 2 aliphatic rings. The molecule has 2 fully saturated rings. The predicted molar refractivity (Wildman–Crippen MR) is 110 cm³/mol. The van der Waals surface area contributed by atoms with Gasteiger partial charge in [-0.2, -0.15) is 0 Å². The summed E-state index contributed by atoms with van der Waals surface area (Å²) >= 11 is 0. The Morgan fingerprint density at radius 1 is 0.786 bits per heavy atom. The number of carbonyl (C=O) groups excluding carboxylic acids is 1. The Morgan fingerprint density at radius 2 is 1.14 bits per heavy atom. The van der Waals surface area contributed by atoms with Crippen LogP contribution in [0.3, 0.4) is 0 Å². The van der Waals surface area contributed by atoms with Gasteiger partial charge in [-0.3, -0.25) is 9.59 Å². The fourth-order valence-electron chi connectivity index (χ4n) is 3.20. The summed E-state index contributed by atoms with van der Waals surface area (Å²) in [6, 6.07) is 19.3. The molecular weight excluding hydrogens is 380 g/mol. The maximum absolute atomic E-state index is 11.5. The van der Waals surface area contributed by atoms with Crippen molar-refractivity contribution in [2.24, 2.45) is 0 Å². The van der Waals surface area contributed by atoms with Gasteiger partial charge in [0.2, 0.25) is 0 Å². The average Bonchev–Trinajstić information content (AvgIpc) is 3.65. The average molecular weight is 407 g/mol. The molecule has 6 heteroatoms. The smallest absolute Gasteiger partial charge is 0.316 e. The summed E-state index contributed by atoms with van der Waals surface area (Å²) < 4.78 is 4.79. The molecule has 0 heterocycles. The Balaban J connectivity index is 0.000000250. The normalized spacial score (nSPS) is 16.5. The van der Waals surface area contributed by atoms with Crippen LogP contribution in [0.2, 0.25) is 0 Å². The van der Waals surface area contributed by atoms with Crippen molar-refractivity contribution in [2.45, 2.75) is 36.5 Å². The van der Waals surface area contributed by atoms with Crippen molar-refractivity contribution in [1.29, 1.82) is 0 Å². The molecule has 0 amide bonds. The first-order valence-electron chi connectivity index (χ1n) is 8.93. The quantitative estimate of drug-likeness (QED) is 0.756. The van der Waals surface area contributed by atoms with Crippen molar-refractivity contribution in [3.63, 3.8) is 0 Å². The topological polar surface area (TPSA) is 83.8 Å². The molecule has 0 radical (unpaired) electrons. The monoisotopic (exact) mass is 406 g/mol. The van der Waals surface area contributed by atoms with Crippen molar-refractivity contribution in [2.75, 3.05) is 14.2 Å². The number of benzene rings is 2. The highest BCUT2D eigenvalue weighted by Crippen LogP contribution is 2.49. The highest BCUT2D eigenvalue weighted by Gasteiger charge is 2.52. The lowest BCUT2D eigenvalue weighted by Gasteiger charge is -2.11. The second kappa shape index (κ2) is 10.2. The van der Waals surface area contributed by atoms with E-state index in [1.807, 2.05) is 60.7 Å². The van der Waals surface area contributed by atoms with Gasteiger partial charge in [0.25, 0.3) is 0 Å². The molecule has 2 aromatic carbocycles. The van der Waals surface area contributed by atoms with E-state index in [0.29, 0.717) is 0 Å². The van der Waals surface area contributed by atoms with Crippen LogP contribution in [0.4, 0.5) is 0 Å². The Hall–Kier alpha value is -2.37. The summed E-state index contributed by atoms with van der Waals surface area (Å²) in [5.74, 6) is -0.785. The highest BCUT2D eigenvalue weighted by atomic mass is 35.5. The lowest BCUT2D eigenvalue weighted by Crippen LogP contribution is -2.21. The number of rotatable bonds is 4. The molecule has 0 atom stereocenters. The second-order valence-corrected chi connectivity index (χ2v) is 6.69. The molecule has 2 saturated carbocycles. The number of carbonyl (C=O) groups is 2. The summed E-state index contributed by atoms with van der Waals surface area (Å²) in [6.07, 6.45) is 3.41. The number of esters is 1. The van der Waals surface area contributed by atoms with Crippen molar-refractivity contribution >= 4 is 24.3 Å². The fourth-order valence-corrected chi connectivity index (χ4v) is 3.20. The molecule has 0 spiro atoms. The number of aliphatic carboxylic acids is 1. The number of methoxy groups -OCH3 is 1. The van der Waals surface area contributed by atoms with Crippen LogP contribution >= 0.6 is 12.4 Å². The predicted octanol–water partition coefficient (Wildman–Crippen LogP) is 3.72. The maximum atomic E-state index is 11.5. The molecule has 0 saturated heterocycles. The van der Waals surface area contributed by atoms with Crippen molar-refractivity contribution < 1.29 is 24.5 Å². The lowest BCUT2D eigenvalue weighted by molar-refractivity contribution is -0.143. The van der Waals surface area contributed by atoms with Gasteiger partial charge in [-0.05, 0) is 36.8 Å². The zero-order chi connectivity index (χ0) is 19.9. The largest absolute Gasteiger partial charge is 0.481 e. The van der Waals surface area contributed by atoms with Crippen LogP contribution in [0.25, 0.3) is 0 Å². The molecule has 4 rings (SSSR count). The van der Waals surface area contributed by atoms with Gasteiger partial charge < -0.3 is 14.9 Å². The third kappa shape index (κ3) is 4.91. The maximum Gasteiger partial charge on any atom is 0.316 e. The van der Waals surface area contributed by atoms with Crippen LogP contribution in [-0.4, -0.2) is 36.4 Å². The van der Waals surface area contributed by atoms with Crippen LogP contribution in [-0.2, 0) is 25.2 Å². The zero-order valence-electron chi connectivity index (χ0n) is 16.1. The van der Waals surface area contributed by atoms with Crippen LogP contribution in [0.15, 0.2) is 60.7 Å². The highest BCUT2D eigenvalue weighted by molar-refractivity contribution is 5.86. The van der Waals surface area contributed by atoms with Crippen molar-refractivity contribution in [3.05, 3.63) is 71.8 Å². The van der Waals surface area contributed by atoms with E-state index in [-0.39, 0.29) is 23.8 Å². The lowest BCUT2D eigenvalue weighted by atomic mass is 9.96. The van der Waals surface area contributed by atoms with E-state index in [1.165, 1.54) is 7.11 Å². The molecule has 152 valence electrons. The van der Waals surface area contributed by atoms with Gasteiger partial charge in [-0.25, -0.2) is 0 Å². The Morgan fingerprint density at radius 3 is 1.43 bits per heavy atom. The van der Waals surface area contributed by atoms with E-state index < -0.39 is 11.4 Å². The number of carboxylic acids is 1. The van der Waals surface area contributed by atoms with Gasteiger partial charge in [-0.15, -0.1) is 12.4 Å². The molecular formula is C22H27ClO5. The van der Waals surface area contributed by atoms with Gasteiger partial charge in [0.15, 0.2) is 0 Å². The van der Waals surface area contributed by atoms with Crippen molar-refractivity contribution in [3.8, 4) is 0 Å². The number of hydrogen-bond donors (Lipinski definition) is 2. The third-order valence-electron chi connectivity index (χ3n) is 5.14. The zero-order valence-corrected chi connectivity index (χ0v) is 16.9. The second-order valence-electron chi connectivity index (χ2n) is 6.69. The van der Waals surface area contributed by atoms with Gasteiger partial charge in [0.05, 0.1) is 17.9 Å². The molecule has 0 aliphatic heterocycles. The molecule has 28 heavy (non-hydrogen) atoms. The van der Waals surface area contributed by atoms with E-state index >= 15 is 0 Å². The van der Waals surface area contributed by atoms with E-state index in [1.54, 1.807) is 0 Å². The SMILES string of the molecule is CO.COC(=O)C1(c2ccccc2)CC1.Cl.O=C(O)C1(c2ccccc2)CC1.